The normalized spacial score (nSPS) is 11.7. The third-order valence-electron chi connectivity index (χ3n) is 11.9. The number of nitrogens with zero attached hydrogens (tertiary/aromatic N) is 6. The van der Waals surface area contributed by atoms with Gasteiger partial charge in [0.1, 0.15) is 5.56 Å². The number of aromatic nitrogens is 2. The predicted molar refractivity (Wildman–Crippen MR) is 240 cm³/mol. The van der Waals surface area contributed by atoms with Crippen molar-refractivity contribution in [1.82, 2.24) is 9.13 Å². The maximum Gasteiger partial charge on any atom is 0.420 e. The number of halogens is 6. The van der Waals surface area contributed by atoms with Gasteiger partial charge in [-0.2, -0.15) is 47.4 Å². The summed E-state index contributed by atoms with van der Waals surface area (Å²) in [5.41, 5.74) is 1.28. The van der Waals surface area contributed by atoms with E-state index >= 15 is 13.2 Å². The molecule has 0 aliphatic heterocycles. The Morgan fingerprint density at radius 1 is 0.364 bits per heavy atom. The van der Waals surface area contributed by atoms with Crippen molar-refractivity contribution in [3.8, 4) is 69.0 Å². The number of para-hydroxylation sites is 2. The van der Waals surface area contributed by atoms with Crippen LogP contribution in [0.2, 0.25) is 0 Å². The molecule has 2 heterocycles. The average molecular weight is 873 g/mol. The van der Waals surface area contributed by atoms with Crippen LogP contribution < -0.4 is 0 Å². The van der Waals surface area contributed by atoms with Gasteiger partial charge in [0.15, 0.2) is 0 Å². The molecule has 0 saturated carbocycles. The molecule has 0 atom stereocenters. The van der Waals surface area contributed by atoms with Gasteiger partial charge in [-0.3, -0.25) is 0 Å². The summed E-state index contributed by atoms with van der Waals surface area (Å²) in [6, 6.07) is 48.5. The molecule has 10 rings (SSSR count). The summed E-state index contributed by atoms with van der Waals surface area (Å²) in [6.45, 7) is 0. The van der Waals surface area contributed by atoms with E-state index in [1.165, 1.54) is 45.5 Å². The zero-order valence-electron chi connectivity index (χ0n) is 34.0. The fraction of sp³-hybridized carbons (Fsp3) is 0.0370. The smallest absolute Gasteiger partial charge is 0.309 e. The van der Waals surface area contributed by atoms with Crippen molar-refractivity contribution in [3.05, 3.63) is 191 Å². The van der Waals surface area contributed by atoms with E-state index < -0.39 is 23.5 Å². The molecular weight excluding hydrogens is 847 g/mol. The average Bonchev–Trinajstić information content (AvgIpc) is 3.84. The number of nitriles is 4. The molecule has 0 spiro atoms. The van der Waals surface area contributed by atoms with Crippen molar-refractivity contribution in [1.29, 1.82) is 21.0 Å². The molecule has 0 saturated heterocycles. The topological polar surface area (TPSA) is 105 Å². The molecule has 12 heteroatoms. The number of hydrogen-bond donors (Lipinski definition) is 0. The summed E-state index contributed by atoms with van der Waals surface area (Å²) < 4.78 is 95.6. The Morgan fingerprint density at radius 2 is 0.833 bits per heavy atom. The lowest BCUT2D eigenvalue weighted by molar-refractivity contribution is -0.138. The van der Waals surface area contributed by atoms with Crippen molar-refractivity contribution in [3.63, 3.8) is 0 Å². The van der Waals surface area contributed by atoms with Crippen LogP contribution in [0.15, 0.2) is 158 Å². The van der Waals surface area contributed by atoms with E-state index in [1.54, 1.807) is 109 Å². The molecule has 0 bridgehead atoms. The monoisotopic (exact) mass is 872 g/mol. The zero-order valence-corrected chi connectivity index (χ0v) is 34.0. The maximum atomic E-state index is 16.6. The van der Waals surface area contributed by atoms with Crippen LogP contribution >= 0.6 is 0 Å². The fourth-order valence-corrected chi connectivity index (χ4v) is 9.01. The lowest BCUT2D eigenvalue weighted by atomic mass is 9.96. The highest BCUT2D eigenvalue weighted by Crippen LogP contribution is 2.47. The van der Waals surface area contributed by atoms with Gasteiger partial charge in [-0.15, -0.1) is 0 Å². The first kappa shape index (κ1) is 40.9. The zero-order chi connectivity index (χ0) is 46.1. The van der Waals surface area contributed by atoms with Gasteiger partial charge < -0.3 is 9.13 Å². The Labute approximate surface area is 371 Å². The molecule has 66 heavy (non-hydrogen) atoms. The van der Waals surface area contributed by atoms with Crippen molar-refractivity contribution in [2.24, 2.45) is 0 Å². The lowest BCUT2D eigenvalue weighted by Crippen LogP contribution is -2.16. The Hall–Kier alpha value is -9.10. The SMILES string of the molecule is N#Cc1ccc(-c2ccc3c4ccccc4n(-c4cc(-c5cccc(C(F)(F)F)c5)cc(-n5c6ccccc6c6ccc(-c7ccc(C#N)cc7C#N)cc65)c4C(F)(F)F)c3c2)c(C#N)c1. The number of hydrogen-bond acceptors (Lipinski definition) is 4. The van der Waals surface area contributed by atoms with E-state index in [4.69, 9.17) is 0 Å². The molecule has 0 amide bonds. The van der Waals surface area contributed by atoms with Crippen molar-refractivity contribution < 1.29 is 26.3 Å². The molecule has 0 N–H and O–H groups in total. The second-order valence-corrected chi connectivity index (χ2v) is 15.6. The van der Waals surface area contributed by atoms with Gasteiger partial charge >= 0.3 is 12.4 Å². The number of alkyl halides is 6. The van der Waals surface area contributed by atoms with E-state index in [-0.39, 0.29) is 44.8 Å². The fourth-order valence-electron chi connectivity index (χ4n) is 9.01. The molecule has 0 aliphatic rings. The minimum absolute atomic E-state index is 0.0106. The quantitative estimate of drug-likeness (QED) is 0.161. The Kier molecular flexibility index (Phi) is 9.50. The van der Waals surface area contributed by atoms with Gasteiger partial charge in [0.05, 0.1) is 85.5 Å². The Bertz CT molecular complexity index is 3650. The van der Waals surface area contributed by atoms with Crippen molar-refractivity contribution >= 4 is 43.6 Å². The largest absolute Gasteiger partial charge is 0.420 e. The molecular formula is C54H26F6N6. The summed E-state index contributed by atoms with van der Waals surface area (Å²) in [5, 5.41) is 41.6. The van der Waals surface area contributed by atoms with Crippen LogP contribution in [0.3, 0.4) is 0 Å². The first-order valence-corrected chi connectivity index (χ1v) is 20.2. The molecule has 10 aromatic rings. The highest BCUT2D eigenvalue weighted by molar-refractivity contribution is 6.12. The van der Waals surface area contributed by atoms with Gasteiger partial charge in [0.2, 0.25) is 0 Å². The number of rotatable bonds is 5. The van der Waals surface area contributed by atoms with E-state index in [9.17, 15) is 34.2 Å². The molecule has 0 fully saturated rings. The molecule has 0 unspecified atom stereocenters. The third kappa shape index (κ3) is 6.65. The summed E-state index contributed by atoms with van der Waals surface area (Å²) in [4.78, 5) is 0. The summed E-state index contributed by atoms with van der Waals surface area (Å²) >= 11 is 0. The van der Waals surface area contributed by atoms with Crippen molar-refractivity contribution in [2.45, 2.75) is 12.4 Å². The van der Waals surface area contributed by atoms with Crippen LogP contribution in [0.25, 0.3) is 88.4 Å². The number of benzene rings is 8. The maximum absolute atomic E-state index is 16.6. The highest BCUT2D eigenvalue weighted by atomic mass is 19.4. The minimum atomic E-state index is -5.09. The van der Waals surface area contributed by atoms with Crippen LogP contribution in [0.5, 0.6) is 0 Å². The van der Waals surface area contributed by atoms with Crippen molar-refractivity contribution in [2.75, 3.05) is 0 Å². The van der Waals surface area contributed by atoms with E-state index in [0.29, 0.717) is 65.9 Å². The third-order valence-corrected chi connectivity index (χ3v) is 11.9. The van der Waals surface area contributed by atoms with Gasteiger partial charge in [-0.25, -0.2) is 0 Å². The second kappa shape index (κ2) is 15.3. The van der Waals surface area contributed by atoms with Gasteiger partial charge in [-0.1, -0.05) is 84.9 Å². The molecule has 6 nitrogen and oxygen atoms in total. The summed E-state index contributed by atoms with van der Waals surface area (Å²) in [5.74, 6) is 0. The van der Waals surface area contributed by atoms with Crippen LogP contribution in [0.1, 0.15) is 33.4 Å². The van der Waals surface area contributed by atoms with Crippen LogP contribution in [-0.4, -0.2) is 9.13 Å². The number of fused-ring (bicyclic) bond motifs is 6. The first-order chi connectivity index (χ1) is 31.8. The lowest BCUT2D eigenvalue weighted by Gasteiger charge is -2.23. The van der Waals surface area contributed by atoms with Gasteiger partial charge in [-0.05, 0) is 106 Å². The van der Waals surface area contributed by atoms with Gasteiger partial charge in [0.25, 0.3) is 0 Å². The molecule has 314 valence electrons. The van der Waals surface area contributed by atoms with Crippen LogP contribution in [0, 0.1) is 45.3 Å². The first-order valence-electron chi connectivity index (χ1n) is 20.2. The van der Waals surface area contributed by atoms with E-state index in [2.05, 4.69) is 12.1 Å². The molecule has 8 aromatic carbocycles. The molecule has 0 aliphatic carbocycles. The van der Waals surface area contributed by atoms with Gasteiger partial charge in [0, 0.05) is 21.5 Å². The summed E-state index contributed by atoms with van der Waals surface area (Å²) in [7, 11) is 0. The predicted octanol–water partition coefficient (Wildman–Crippen LogP) is 14.4. The molecule has 2 aromatic heterocycles. The second-order valence-electron chi connectivity index (χ2n) is 15.6. The standard InChI is InChI=1S/C54H26F6N6/c55-53(56,57)39-7-5-6-33(22-39)36-25-50(65-46-10-3-1-8-42(46)44-18-14-34(23-48(44)65)40-16-12-31(27-61)20-37(40)29-63)52(54(58,59)60)51(26-36)66-47-11-4-2-9-43(47)45-19-15-35(24-49(45)66)41-17-13-32(28-62)21-38(41)30-64/h1-26H. The minimum Gasteiger partial charge on any atom is -0.309 e. The Morgan fingerprint density at radius 3 is 1.27 bits per heavy atom. The summed E-state index contributed by atoms with van der Waals surface area (Å²) in [6.07, 6.45) is -9.86. The Balaban J connectivity index is 1.37. The van der Waals surface area contributed by atoms with Crippen LogP contribution in [-0.2, 0) is 12.4 Å². The molecule has 0 radical (unpaired) electrons. The van der Waals surface area contributed by atoms with Crippen LogP contribution in [0.4, 0.5) is 26.3 Å². The van der Waals surface area contributed by atoms with E-state index in [1.807, 2.05) is 12.1 Å². The highest BCUT2D eigenvalue weighted by Gasteiger charge is 2.40. The van der Waals surface area contributed by atoms with E-state index in [0.717, 1.165) is 12.1 Å².